The van der Waals surface area contributed by atoms with E-state index in [0.29, 0.717) is 41.1 Å². The second kappa shape index (κ2) is 10.3. The van der Waals surface area contributed by atoms with Gasteiger partial charge in [0.2, 0.25) is 5.91 Å². The highest BCUT2D eigenvalue weighted by atomic mass is 19.4. The van der Waals surface area contributed by atoms with Crippen molar-refractivity contribution < 1.29 is 27.5 Å². The average molecular weight is 499 g/mol. The number of amides is 1. The lowest BCUT2D eigenvalue weighted by molar-refractivity contribution is -0.137. The van der Waals surface area contributed by atoms with Gasteiger partial charge in [-0.2, -0.15) is 13.2 Å². The Balaban J connectivity index is 1.49. The third-order valence-electron chi connectivity index (χ3n) is 5.91. The van der Waals surface area contributed by atoms with Crippen molar-refractivity contribution in [2.45, 2.75) is 38.2 Å². The first-order chi connectivity index (χ1) is 17.2. The van der Waals surface area contributed by atoms with Gasteiger partial charge in [-0.05, 0) is 44.2 Å². The van der Waals surface area contributed by atoms with Crippen LogP contribution in [0.4, 0.5) is 13.2 Å². The zero-order valence-corrected chi connectivity index (χ0v) is 19.5. The quantitative estimate of drug-likeness (QED) is 0.473. The molecular weight excluding hydrogens is 475 g/mol. The first-order valence-electron chi connectivity index (χ1n) is 11.1. The monoisotopic (exact) mass is 499 g/mol. The average Bonchev–Trinajstić information content (AvgIpc) is 3.32. The molecule has 1 aromatic heterocycles. The van der Waals surface area contributed by atoms with Crippen LogP contribution in [0.1, 0.15) is 40.0 Å². The maximum absolute atomic E-state index is 13.0. The number of likely N-dealkylation sites (N-methyl/N-ethyl adjacent to an activating group) is 1. The lowest BCUT2D eigenvalue weighted by atomic mass is 10.0. The van der Waals surface area contributed by atoms with Gasteiger partial charge in [0.05, 0.1) is 23.5 Å². The number of allylic oxidation sites excluding steroid dienone is 1. The van der Waals surface area contributed by atoms with E-state index in [1.165, 1.54) is 23.0 Å². The number of nitrogens with zero attached hydrogens (tertiary/aromatic N) is 4. The first-order valence-corrected chi connectivity index (χ1v) is 11.1. The van der Waals surface area contributed by atoms with Crippen LogP contribution < -0.4 is 10.1 Å². The molecule has 4 rings (SSSR count). The predicted molar refractivity (Wildman–Crippen MR) is 124 cm³/mol. The maximum Gasteiger partial charge on any atom is 0.416 e. The molecule has 1 amide bonds. The molecule has 2 heterocycles. The molecule has 1 N–H and O–H groups in total. The molecule has 2 aromatic carbocycles. The minimum absolute atomic E-state index is 0.0261. The number of aldehydes is 1. The predicted octanol–water partition coefficient (Wildman–Crippen LogP) is 3.90. The molecule has 1 saturated heterocycles. The zero-order chi connectivity index (χ0) is 25.9. The Morgan fingerprint density at radius 1 is 1.28 bits per heavy atom. The summed E-state index contributed by atoms with van der Waals surface area (Å²) in [5, 5.41) is 10.7. The van der Waals surface area contributed by atoms with Gasteiger partial charge in [-0.25, -0.2) is 4.68 Å². The fourth-order valence-corrected chi connectivity index (χ4v) is 4.01. The Morgan fingerprint density at radius 3 is 2.78 bits per heavy atom. The summed E-state index contributed by atoms with van der Waals surface area (Å²) in [6, 6.07) is 9.42. The van der Waals surface area contributed by atoms with E-state index in [-0.39, 0.29) is 30.8 Å². The molecule has 0 radical (unpaired) electrons. The highest BCUT2D eigenvalue weighted by molar-refractivity contribution is 5.84. The van der Waals surface area contributed by atoms with Crippen molar-refractivity contribution in [1.82, 2.24) is 25.2 Å². The van der Waals surface area contributed by atoms with E-state index < -0.39 is 11.7 Å². The molecule has 11 heteroatoms. The number of halogens is 3. The zero-order valence-electron chi connectivity index (χ0n) is 19.5. The first kappa shape index (κ1) is 25.1. The SMILES string of the molecule is C=C1CCC(N(C)Cc2c(C=O)cccc2OCc2cn(-c3cccc(C(F)(F)F)c3)nn2)C(=O)N1. The topological polar surface area (TPSA) is 89.3 Å². The van der Waals surface area contributed by atoms with E-state index in [4.69, 9.17) is 4.74 Å². The number of rotatable bonds is 8. The molecule has 0 bridgehead atoms. The third kappa shape index (κ3) is 5.62. The number of aromatic nitrogens is 3. The van der Waals surface area contributed by atoms with Crippen molar-refractivity contribution >= 4 is 12.2 Å². The van der Waals surface area contributed by atoms with E-state index >= 15 is 0 Å². The van der Waals surface area contributed by atoms with Gasteiger partial charge in [-0.3, -0.25) is 14.5 Å². The summed E-state index contributed by atoms with van der Waals surface area (Å²) in [4.78, 5) is 25.9. The fourth-order valence-electron chi connectivity index (χ4n) is 4.01. The van der Waals surface area contributed by atoms with Gasteiger partial charge in [0.1, 0.15) is 18.1 Å². The van der Waals surface area contributed by atoms with Crippen molar-refractivity contribution in [2.24, 2.45) is 0 Å². The summed E-state index contributed by atoms with van der Waals surface area (Å²) in [7, 11) is 1.80. The maximum atomic E-state index is 13.0. The van der Waals surface area contributed by atoms with Crippen molar-refractivity contribution in [3.05, 3.63) is 83.3 Å². The van der Waals surface area contributed by atoms with Crippen LogP contribution in [0, 0.1) is 0 Å². The summed E-state index contributed by atoms with van der Waals surface area (Å²) in [5.41, 5.74) is 1.52. The van der Waals surface area contributed by atoms with Gasteiger partial charge in [0.25, 0.3) is 0 Å². The van der Waals surface area contributed by atoms with Crippen LogP contribution in [0.5, 0.6) is 5.75 Å². The molecule has 36 heavy (non-hydrogen) atoms. The van der Waals surface area contributed by atoms with Crippen LogP contribution >= 0.6 is 0 Å². The van der Waals surface area contributed by atoms with Crippen LogP contribution in [0.3, 0.4) is 0 Å². The molecular formula is C25H24F3N5O3. The molecule has 8 nitrogen and oxygen atoms in total. The standard InChI is InChI=1S/C25H24F3N5O3/c1-16-9-10-22(24(35)29-16)32(2)13-21-17(14-34)5-3-8-23(21)36-15-19-12-33(31-30-19)20-7-4-6-18(11-20)25(26,27)28/h3-8,11-12,14,22H,1,9-10,13,15H2,2H3,(H,29,35). The second-order valence-corrected chi connectivity index (χ2v) is 8.50. The Bertz CT molecular complexity index is 1290. The smallest absolute Gasteiger partial charge is 0.416 e. The summed E-state index contributed by atoms with van der Waals surface area (Å²) >= 11 is 0. The highest BCUT2D eigenvalue weighted by Crippen LogP contribution is 2.30. The van der Waals surface area contributed by atoms with Crippen LogP contribution in [0.25, 0.3) is 5.69 Å². The molecule has 3 aromatic rings. The molecule has 188 valence electrons. The second-order valence-electron chi connectivity index (χ2n) is 8.50. The van der Waals surface area contributed by atoms with E-state index in [1.807, 2.05) is 4.90 Å². The van der Waals surface area contributed by atoms with Gasteiger partial charge in [-0.15, -0.1) is 5.10 Å². The lowest BCUT2D eigenvalue weighted by Crippen LogP contribution is -2.47. The molecule has 1 atom stereocenters. The molecule has 0 aliphatic carbocycles. The minimum Gasteiger partial charge on any atom is -0.487 e. The van der Waals surface area contributed by atoms with Crippen molar-refractivity contribution in [2.75, 3.05) is 7.05 Å². The normalized spacial score (nSPS) is 16.2. The highest BCUT2D eigenvalue weighted by Gasteiger charge is 2.31. The van der Waals surface area contributed by atoms with Gasteiger partial charge >= 0.3 is 6.18 Å². The van der Waals surface area contributed by atoms with E-state index in [1.54, 1.807) is 25.2 Å². The Hall–Kier alpha value is -3.99. The van der Waals surface area contributed by atoms with Gasteiger partial charge < -0.3 is 10.1 Å². The summed E-state index contributed by atoms with van der Waals surface area (Å²) in [5.74, 6) is 0.284. The number of ether oxygens (including phenoxy) is 1. The van der Waals surface area contributed by atoms with E-state index in [2.05, 4.69) is 22.2 Å². The molecule has 1 unspecified atom stereocenters. The molecule has 0 spiro atoms. The number of piperidine rings is 1. The van der Waals surface area contributed by atoms with Crippen LogP contribution in [-0.4, -0.2) is 45.2 Å². The minimum atomic E-state index is -4.47. The summed E-state index contributed by atoms with van der Waals surface area (Å²) in [6.07, 6.45) is -0.991. The number of carbonyl (C=O) groups is 2. The molecule has 1 fully saturated rings. The number of hydrogen-bond donors (Lipinski definition) is 1. The van der Waals surface area contributed by atoms with Crippen LogP contribution in [0.2, 0.25) is 0 Å². The Morgan fingerprint density at radius 2 is 2.06 bits per heavy atom. The van der Waals surface area contributed by atoms with Crippen molar-refractivity contribution in [3.63, 3.8) is 0 Å². The van der Waals surface area contributed by atoms with Crippen LogP contribution in [-0.2, 0) is 24.1 Å². The molecule has 1 aliphatic heterocycles. The van der Waals surface area contributed by atoms with Gasteiger partial charge in [0.15, 0.2) is 6.29 Å². The van der Waals surface area contributed by atoms with E-state index in [0.717, 1.165) is 18.4 Å². The number of benzene rings is 2. The summed E-state index contributed by atoms with van der Waals surface area (Å²) in [6.45, 7) is 4.05. The number of hydrogen-bond acceptors (Lipinski definition) is 6. The van der Waals surface area contributed by atoms with Crippen molar-refractivity contribution in [1.29, 1.82) is 0 Å². The fraction of sp³-hybridized carbons (Fsp3) is 0.280. The number of carbonyl (C=O) groups excluding carboxylic acids is 2. The molecule has 1 aliphatic rings. The van der Waals surface area contributed by atoms with Crippen LogP contribution in [0.15, 0.2) is 60.9 Å². The van der Waals surface area contributed by atoms with Gasteiger partial charge in [-0.1, -0.05) is 30.0 Å². The third-order valence-corrected chi connectivity index (χ3v) is 5.91. The van der Waals surface area contributed by atoms with Crippen molar-refractivity contribution in [3.8, 4) is 11.4 Å². The lowest BCUT2D eigenvalue weighted by Gasteiger charge is -2.31. The van der Waals surface area contributed by atoms with E-state index in [9.17, 15) is 22.8 Å². The Kier molecular flexibility index (Phi) is 7.20. The molecule has 0 saturated carbocycles. The number of alkyl halides is 3. The largest absolute Gasteiger partial charge is 0.487 e. The number of nitrogens with one attached hydrogen (secondary N) is 1. The summed E-state index contributed by atoms with van der Waals surface area (Å²) < 4.78 is 46.2. The van der Waals surface area contributed by atoms with Gasteiger partial charge in [0, 0.05) is 23.4 Å². The Labute approximate surface area is 205 Å².